The van der Waals surface area contributed by atoms with E-state index in [1.165, 1.54) is 6.20 Å². The highest BCUT2D eigenvalue weighted by atomic mass is 16.4. The van der Waals surface area contributed by atoms with E-state index in [1.54, 1.807) is 6.92 Å². The normalized spacial score (nSPS) is 9.09. The first-order chi connectivity index (χ1) is 5.16. The van der Waals surface area contributed by atoms with Crippen LogP contribution in [0.1, 0.15) is 21.6 Å². The van der Waals surface area contributed by atoms with Gasteiger partial charge in [-0.2, -0.15) is 5.26 Å². The van der Waals surface area contributed by atoms with E-state index in [0.717, 1.165) is 0 Å². The molecule has 0 fully saturated rings. The molecule has 0 aromatic carbocycles. The van der Waals surface area contributed by atoms with Crippen molar-refractivity contribution in [2.24, 2.45) is 0 Å². The second-order valence-electron chi connectivity index (χ2n) is 2.12. The molecular weight excluding hydrogens is 144 g/mol. The molecule has 0 radical (unpaired) electrons. The van der Waals surface area contributed by atoms with Crippen LogP contribution in [0.2, 0.25) is 0 Å². The molecule has 0 unspecified atom stereocenters. The summed E-state index contributed by atoms with van der Waals surface area (Å²) in [7, 11) is 0. The number of carbonyl (C=O) groups is 1. The number of nitriles is 1. The van der Waals surface area contributed by atoms with Gasteiger partial charge in [0, 0.05) is 6.20 Å². The standard InChI is InChI=1S/C7H6N2O2/c1-4-5(7(10)11)3-9-6(4)2-8/h3,9H,1H3,(H,10,11). The van der Waals surface area contributed by atoms with E-state index < -0.39 is 5.97 Å². The Morgan fingerprint density at radius 3 is 2.73 bits per heavy atom. The Morgan fingerprint density at radius 2 is 2.45 bits per heavy atom. The van der Waals surface area contributed by atoms with E-state index in [4.69, 9.17) is 10.4 Å². The van der Waals surface area contributed by atoms with Crippen LogP contribution in [0.25, 0.3) is 0 Å². The second-order valence-corrected chi connectivity index (χ2v) is 2.12. The second kappa shape index (κ2) is 2.46. The van der Waals surface area contributed by atoms with Crippen LogP contribution in [0.3, 0.4) is 0 Å². The molecule has 0 amide bonds. The predicted molar refractivity (Wildman–Crippen MR) is 37.2 cm³/mol. The van der Waals surface area contributed by atoms with Gasteiger partial charge in [-0.25, -0.2) is 4.79 Å². The fourth-order valence-electron chi connectivity index (χ4n) is 0.834. The number of aromatic nitrogens is 1. The lowest BCUT2D eigenvalue weighted by Gasteiger charge is -1.88. The van der Waals surface area contributed by atoms with Crippen LogP contribution < -0.4 is 0 Å². The average molecular weight is 150 g/mol. The molecule has 4 nitrogen and oxygen atoms in total. The summed E-state index contributed by atoms with van der Waals surface area (Å²) in [5, 5.41) is 17.0. The first kappa shape index (κ1) is 7.35. The fourth-order valence-corrected chi connectivity index (χ4v) is 0.834. The Balaban J connectivity index is 3.24. The van der Waals surface area contributed by atoms with Gasteiger partial charge in [0.05, 0.1) is 5.56 Å². The summed E-state index contributed by atoms with van der Waals surface area (Å²) >= 11 is 0. The van der Waals surface area contributed by atoms with Gasteiger partial charge in [-0.15, -0.1) is 0 Å². The fraction of sp³-hybridized carbons (Fsp3) is 0.143. The van der Waals surface area contributed by atoms with Crippen LogP contribution in [-0.4, -0.2) is 16.1 Å². The van der Waals surface area contributed by atoms with Crippen LogP contribution in [0.5, 0.6) is 0 Å². The van der Waals surface area contributed by atoms with Crippen LogP contribution in [0, 0.1) is 18.3 Å². The lowest BCUT2D eigenvalue weighted by molar-refractivity contribution is 0.0696. The van der Waals surface area contributed by atoms with E-state index in [2.05, 4.69) is 4.98 Å². The topological polar surface area (TPSA) is 76.9 Å². The minimum atomic E-state index is -1.01. The minimum Gasteiger partial charge on any atom is -0.478 e. The maximum atomic E-state index is 10.4. The monoisotopic (exact) mass is 150 g/mol. The van der Waals surface area contributed by atoms with Gasteiger partial charge in [-0.05, 0) is 12.5 Å². The van der Waals surface area contributed by atoms with Gasteiger partial charge in [0.15, 0.2) is 0 Å². The molecule has 0 saturated heterocycles. The van der Waals surface area contributed by atoms with Crippen molar-refractivity contribution in [3.8, 4) is 6.07 Å². The van der Waals surface area contributed by atoms with Gasteiger partial charge in [-0.3, -0.25) is 0 Å². The number of carboxylic acids is 1. The zero-order valence-electron chi connectivity index (χ0n) is 5.88. The SMILES string of the molecule is Cc1c(C(=O)O)c[nH]c1C#N. The Hall–Kier alpha value is -1.76. The van der Waals surface area contributed by atoms with Crippen molar-refractivity contribution in [2.75, 3.05) is 0 Å². The summed E-state index contributed by atoms with van der Waals surface area (Å²) in [6.45, 7) is 1.60. The van der Waals surface area contributed by atoms with Gasteiger partial charge in [0.2, 0.25) is 0 Å². The number of rotatable bonds is 1. The molecule has 0 bridgehead atoms. The molecule has 2 N–H and O–H groups in total. The minimum absolute atomic E-state index is 0.154. The van der Waals surface area contributed by atoms with E-state index in [1.807, 2.05) is 6.07 Å². The summed E-state index contributed by atoms with van der Waals surface area (Å²) in [4.78, 5) is 13.0. The van der Waals surface area contributed by atoms with E-state index in [-0.39, 0.29) is 5.56 Å². The van der Waals surface area contributed by atoms with Crippen molar-refractivity contribution < 1.29 is 9.90 Å². The molecule has 1 aromatic rings. The van der Waals surface area contributed by atoms with Crippen LogP contribution in [-0.2, 0) is 0 Å². The maximum absolute atomic E-state index is 10.4. The molecule has 1 aromatic heterocycles. The highest BCUT2D eigenvalue weighted by molar-refractivity contribution is 5.89. The number of carboxylic acid groups (broad SMARTS) is 1. The number of aromatic amines is 1. The Morgan fingerprint density at radius 1 is 1.82 bits per heavy atom. The van der Waals surface area contributed by atoms with Gasteiger partial charge in [0.1, 0.15) is 11.8 Å². The molecule has 56 valence electrons. The molecule has 0 aliphatic carbocycles. The number of nitrogens with zero attached hydrogens (tertiary/aromatic N) is 1. The van der Waals surface area contributed by atoms with Crippen molar-refractivity contribution >= 4 is 5.97 Å². The highest BCUT2D eigenvalue weighted by Gasteiger charge is 2.11. The van der Waals surface area contributed by atoms with Gasteiger partial charge in [-0.1, -0.05) is 0 Å². The molecule has 0 aliphatic rings. The lowest BCUT2D eigenvalue weighted by Crippen LogP contribution is -1.95. The third kappa shape index (κ3) is 1.08. The molecule has 0 saturated carbocycles. The maximum Gasteiger partial charge on any atom is 0.337 e. The number of H-pyrrole nitrogens is 1. The third-order valence-electron chi connectivity index (χ3n) is 1.48. The first-order valence-electron chi connectivity index (χ1n) is 2.98. The van der Waals surface area contributed by atoms with Gasteiger partial charge < -0.3 is 10.1 Å². The summed E-state index contributed by atoms with van der Waals surface area (Å²) < 4.78 is 0. The Kier molecular flexibility index (Phi) is 1.65. The van der Waals surface area contributed by atoms with Crippen LogP contribution >= 0.6 is 0 Å². The zero-order chi connectivity index (χ0) is 8.43. The van der Waals surface area contributed by atoms with Crippen molar-refractivity contribution in [3.05, 3.63) is 23.0 Å². The van der Waals surface area contributed by atoms with E-state index in [0.29, 0.717) is 11.3 Å². The average Bonchev–Trinajstić information content (AvgIpc) is 2.30. The first-order valence-corrected chi connectivity index (χ1v) is 2.98. The molecule has 1 heterocycles. The summed E-state index contributed by atoms with van der Waals surface area (Å²) in [6.07, 6.45) is 1.32. The van der Waals surface area contributed by atoms with Crippen molar-refractivity contribution in [2.45, 2.75) is 6.92 Å². The van der Waals surface area contributed by atoms with E-state index in [9.17, 15) is 4.79 Å². The molecule has 4 heteroatoms. The molecular formula is C7H6N2O2. The zero-order valence-corrected chi connectivity index (χ0v) is 5.88. The van der Waals surface area contributed by atoms with Crippen molar-refractivity contribution in [3.63, 3.8) is 0 Å². The largest absolute Gasteiger partial charge is 0.478 e. The van der Waals surface area contributed by atoms with Crippen molar-refractivity contribution in [1.82, 2.24) is 4.98 Å². The molecule has 0 aliphatic heterocycles. The summed E-state index contributed by atoms with van der Waals surface area (Å²) in [5.74, 6) is -1.01. The Labute approximate surface area is 63.1 Å². The predicted octanol–water partition coefficient (Wildman–Crippen LogP) is 0.893. The molecule has 0 atom stereocenters. The number of aromatic carboxylic acids is 1. The quantitative estimate of drug-likeness (QED) is 0.624. The Bertz CT molecular complexity index is 333. The number of hydrogen-bond donors (Lipinski definition) is 2. The van der Waals surface area contributed by atoms with E-state index >= 15 is 0 Å². The number of nitrogens with one attached hydrogen (secondary N) is 1. The summed E-state index contributed by atoms with van der Waals surface area (Å²) in [6, 6.07) is 1.85. The van der Waals surface area contributed by atoms with Crippen LogP contribution in [0.15, 0.2) is 6.20 Å². The highest BCUT2D eigenvalue weighted by Crippen LogP contribution is 2.10. The lowest BCUT2D eigenvalue weighted by atomic mass is 10.2. The van der Waals surface area contributed by atoms with Gasteiger partial charge in [0.25, 0.3) is 0 Å². The molecule has 0 spiro atoms. The summed E-state index contributed by atoms with van der Waals surface area (Å²) in [5.41, 5.74) is 0.948. The smallest absolute Gasteiger partial charge is 0.337 e. The van der Waals surface area contributed by atoms with Gasteiger partial charge >= 0.3 is 5.97 Å². The molecule has 11 heavy (non-hydrogen) atoms. The number of hydrogen-bond acceptors (Lipinski definition) is 2. The van der Waals surface area contributed by atoms with Crippen molar-refractivity contribution in [1.29, 1.82) is 5.26 Å². The molecule has 1 rings (SSSR count). The third-order valence-corrected chi connectivity index (χ3v) is 1.48. The van der Waals surface area contributed by atoms with Crippen LogP contribution in [0.4, 0.5) is 0 Å².